The zero-order valence-electron chi connectivity index (χ0n) is 12.0. The quantitative estimate of drug-likeness (QED) is 0.739. The van der Waals surface area contributed by atoms with Crippen molar-refractivity contribution in [1.29, 1.82) is 0 Å². The average molecular weight is 281 g/mol. The first-order valence-corrected chi connectivity index (χ1v) is 7.43. The molecule has 3 rings (SSSR count). The van der Waals surface area contributed by atoms with E-state index in [9.17, 15) is 4.79 Å². The number of hydrogen-bond donors (Lipinski definition) is 0. The molecule has 1 saturated heterocycles. The molecule has 1 amide bonds. The normalized spacial score (nSPS) is 18.9. The van der Waals surface area contributed by atoms with Gasteiger partial charge in [0.05, 0.1) is 0 Å². The first-order chi connectivity index (χ1) is 10.2. The van der Waals surface area contributed by atoms with E-state index in [1.807, 2.05) is 23.1 Å². The number of hydrogen-bond acceptors (Lipinski definition) is 3. The monoisotopic (exact) mass is 281 g/mol. The van der Waals surface area contributed by atoms with Crippen LogP contribution in [0.25, 0.3) is 0 Å². The molecule has 108 valence electrons. The molecule has 0 radical (unpaired) electrons. The second-order valence-corrected chi connectivity index (χ2v) is 5.79. The minimum atomic E-state index is -0.342. The fourth-order valence-electron chi connectivity index (χ4n) is 2.75. The van der Waals surface area contributed by atoms with Gasteiger partial charge in [-0.3, -0.25) is 4.79 Å². The lowest BCUT2D eigenvalue weighted by molar-refractivity contribution is -0.135. The van der Waals surface area contributed by atoms with Gasteiger partial charge in [-0.2, -0.15) is 10.2 Å². The molecule has 0 saturated carbocycles. The van der Waals surface area contributed by atoms with Gasteiger partial charge in [-0.05, 0) is 5.56 Å². The van der Waals surface area contributed by atoms with E-state index in [0.29, 0.717) is 25.2 Å². The molecule has 1 fully saturated rings. The van der Waals surface area contributed by atoms with E-state index in [2.05, 4.69) is 28.3 Å². The lowest BCUT2D eigenvalue weighted by Gasteiger charge is -2.39. The summed E-state index contributed by atoms with van der Waals surface area (Å²) in [6, 6.07) is 10.4. The summed E-state index contributed by atoms with van der Waals surface area (Å²) in [6.07, 6.45) is 7.90. The largest absolute Gasteiger partial charge is 0.341 e. The maximum absolute atomic E-state index is 12.2. The molecule has 1 aromatic rings. The van der Waals surface area contributed by atoms with Gasteiger partial charge in [-0.25, -0.2) is 0 Å². The van der Waals surface area contributed by atoms with Crippen LogP contribution in [0.3, 0.4) is 0 Å². The van der Waals surface area contributed by atoms with E-state index in [4.69, 9.17) is 6.42 Å². The number of carbonyl (C=O) groups is 1. The third kappa shape index (κ3) is 3.13. The van der Waals surface area contributed by atoms with Gasteiger partial charge in [0, 0.05) is 44.7 Å². The number of rotatable bonds is 6. The Morgan fingerprint density at radius 2 is 2.00 bits per heavy atom. The third-order valence-electron chi connectivity index (χ3n) is 4.30. The topological polar surface area (TPSA) is 45.0 Å². The van der Waals surface area contributed by atoms with Crippen molar-refractivity contribution < 1.29 is 4.79 Å². The molecule has 0 aliphatic carbocycles. The van der Waals surface area contributed by atoms with Crippen LogP contribution in [0.5, 0.6) is 0 Å². The summed E-state index contributed by atoms with van der Waals surface area (Å²) in [5.74, 6) is 3.30. The van der Waals surface area contributed by atoms with Gasteiger partial charge in [-0.15, -0.1) is 12.3 Å². The maximum Gasteiger partial charge on any atom is 0.222 e. The van der Waals surface area contributed by atoms with Crippen molar-refractivity contribution in [1.82, 2.24) is 4.90 Å². The zero-order valence-corrected chi connectivity index (χ0v) is 12.0. The molecule has 0 N–H and O–H groups in total. The Labute approximate surface area is 125 Å². The standard InChI is InChI=1S/C17H19N3O/c1-2-3-10-17(18-19-17)11-9-16(21)20-12-15(13-20)14-7-5-4-6-8-14/h1,4-8,15H,3,9-13H2. The van der Waals surface area contributed by atoms with Crippen LogP contribution in [0.1, 0.15) is 37.2 Å². The molecule has 0 bridgehead atoms. The van der Waals surface area contributed by atoms with Crippen molar-refractivity contribution in [2.75, 3.05) is 13.1 Å². The van der Waals surface area contributed by atoms with E-state index in [1.165, 1.54) is 5.56 Å². The minimum absolute atomic E-state index is 0.208. The number of terminal acetylenes is 1. The Bertz CT molecular complexity index is 576. The predicted molar refractivity (Wildman–Crippen MR) is 80.7 cm³/mol. The Morgan fingerprint density at radius 1 is 1.29 bits per heavy atom. The molecule has 2 heterocycles. The maximum atomic E-state index is 12.2. The van der Waals surface area contributed by atoms with Crippen molar-refractivity contribution in [2.24, 2.45) is 10.2 Å². The Kier molecular flexibility index (Phi) is 3.74. The van der Waals surface area contributed by atoms with Gasteiger partial charge in [0.1, 0.15) is 0 Å². The number of amides is 1. The highest BCUT2D eigenvalue weighted by atomic mass is 16.2. The van der Waals surface area contributed by atoms with Crippen LogP contribution in [-0.4, -0.2) is 29.6 Å². The number of benzene rings is 1. The molecule has 0 aromatic heterocycles. The van der Waals surface area contributed by atoms with E-state index in [1.54, 1.807) is 0 Å². The molecule has 0 spiro atoms. The molecular formula is C17H19N3O. The smallest absolute Gasteiger partial charge is 0.222 e. The first-order valence-electron chi connectivity index (χ1n) is 7.43. The van der Waals surface area contributed by atoms with Crippen LogP contribution in [-0.2, 0) is 4.79 Å². The summed E-state index contributed by atoms with van der Waals surface area (Å²) >= 11 is 0. The highest BCUT2D eigenvalue weighted by molar-refractivity contribution is 5.77. The Balaban J connectivity index is 1.41. The number of nitrogens with zero attached hydrogens (tertiary/aromatic N) is 3. The molecule has 0 atom stereocenters. The van der Waals surface area contributed by atoms with Crippen LogP contribution in [0, 0.1) is 12.3 Å². The molecule has 4 nitrogen and oxygen atoms in total. The summed E-state index contributed by atoms with van der Waals surface area (Å²) in [4.78, 5) is 14.1. The first kappa shape index (κ1) is 13.8. The lowest BCUT2D eigenvalue weighted by atomic mass is 9.91. The van der Waals surface area contributed by atoms with Crippen molar-refractivity contribution in [3.63, 3.8) is 0 Å². The highest BCUT2D eigenvalue weighted by Gasteiger charge is 2.40. The van der Waals surface area contributed by atoms with E-state index in [-0.39, 0.29) is 11.6 Å². The van der Waals surface area contributed by atoms with E-state index >= 15 is 0 Å². The van der Waals surface area contributed by atoms with Gasteiger partial charge in [0.15, 0.2) is 5.66 Å². The van der Waals surface area contributed by atoms with Crippen LogP contribution >= 0.6 is 0 Å². The molecule has 4 heteroatoms. The fourth-order valence-corrected chi connectivity index (χ4v) is 2.75. The fraction of sp³-hybridized carbons (Fsp3) is 0.471. The summed E-state index contributed by atoms with van der Waals surface area (Å²) in [5.41, 5.74) is 0.977. The molecule has 2 aliphatic rings. The van der Waals surface area contributed by atoms with Gasteiger partial charge < -0.3 is 4.90 Å². The van der Waals surface area contributed by atoms with Crippen LogP contribution in [0.15, 0.2) is 40.6 Å². The van der Waals surface area contributed by atoms with Crippen molar-refractivity contribution in [2.45, 2.75) is 37.3 Å². The second kappa shape index (κ2) is 5.69. The van der Waals surface area contributed by atoms with Crippen LogP contribution < -0.4 is 0 Å². The SMILES string of the molecule is C#CCCC1(CCC(=O)N2CC(c3ccccc3)C2)N=N1. The van der Waals surface area contributed by atoms with Gasteiger partial charge in [0.2, 0.25) is 5.91 Å². The summed E-state index contributed by atoms with van der Waals surface area (Å²) in [7, 11) is 0. The van der Waals surface area contributed by atoms with Gasteiger partial charge in [-0.1, -0.05) is 30.3 Å². The number of likely N-dealkylation sites (tertiary alicyclic amines) is 1. The third-order valence-corrected chi connectivity index (χ3v) is 4.30. The molecule has 2 aliphatic heterocycles. The average Bonchev–Trinajstić information content (AvgIpc) is 3.23. The molecule has 0 unspecified atom stereocenters. The van der Waals surface area contributed by atoms with E-state index in [0.717, 1.165) is 19.5 Å². The lowest BCUT2D eigenvalue weighted by Crippen LogP contribution is -2.48. The second-order valence-electron chi connectivity index (χ2n) is 5.79. The summed E-state index contributed by atoms with van der Waals surface area (Å²) < 4.78 is 0. The van der Waals surface area contributed by atoms with E-state index < -0.39 is 0 Å². The molecule has 21 heavy (non-hydrogen) atoms. The van der Waals surface area contributed by atoms with Gasteiger partial charge in [0.25, 0.3) is 0 Å². The van der Waals surface area contributed by atoms with Gasteiger partial charge >= 0.3 is 0 Å². The van der Waals surface area contributed by atoms with Crippen molar-refractivity contribution in [3.8, 4) is 12.3 Å². The Morgan fingerprint density at radius 3 is 2.62 bits per heavy atom. The highest BCUT2D eigenvalue weighted by Crippen LogP contribution is 2.38. The number of carbonyl (C=O) groups excluding carboxylic acids is 1. The van der Waals surface area contributed by atoms with Crippen molar-refractivity contribution in [3.05, 3.63) is 35.9 Å². The summed E-state index contributed by atoms with van der Waals surface area (Å²) in [6.45, 7) is 1.66. The Hall–Kier alpha value is -2.15. The molecular weight excluding hydrogens is 262 g/mol. The minimum Gasteiger partial charge on any atom is -0.341 e. The van der Waals surface area contributed by atoms with Crippen LogP contribution in [0.4, 0.5) is 0 Å². The summed E-state index contributed by atoms with van der Waals surface area (Å²) in [5, 5.41) is 8.14. The van der Waals surface area contributed by atoms with Crippen LogP contribution in [0.2, 0.25) is 0 Å². The molecule has 1 aromatic carbocycles. The predicted octanol–water partition coefficient (Wildman–Crippen LogP) is 2.97. The van der Waals surface area contributed by atoms with Crippen molar-refractivity contribution >= 4 is 5.91 Å². The zero-order chi connectivity index (χ0) is 14.7.